The minimum absolute atomic E-state index is 0.143. The van der Waals surface area contributed by atoms with Gasteiger partial charge in [0.05, 0.1) is 24.3 Å². The van der Waals surface area contributed by atoms with Crippen molar-refractivity contribution in [2.75, 3.05) is 46.0 Å². The van der Waals surface area contributed by atoms with Crippen LogP contribution < -0.4 is 14.8 Å². The van der Waals surface area contributed by atoms with Crippen molar-refractivity contribution in [3.8, 4) is 11.5 Å². The van der Waals surface area contributed by atoms with Crippen LogP contribution >= 0.6 is 15.9 Å². The number of hydrogen-bond acceptors (Lipinski definition) is 5. The minimum atomic E-state index is -0.274. The number of hydrogen-bond donors (Lipinski definition) is 1. The average molecular weight is 481 g/mol. The summed E-state index contributed by atoms with van der Waals surface area (Å²) in [6, 6.07) is 10.6. The molecule has 1 aliphatic rings. The van der Waals surface area contributed by atoms with Crippen molar-refractivity contribution >= 4 is 15.9 Å². The molecule has 5 nitrogen and oxygen atoms in total. The van der Waals surface area contributed by atoms with Crippen LogP contribution in [0.4, 0.5) is 4.39 Å². The second-order valence-corrected chi connectivity index (χ2v) is 8.06. The van der Waals surface area contributed by atoms with E-state index in [1.807, 2.05) is 19.1 Å². The molecule has 7 heteroatoms. The van der Waals surface area contributed by atoms with Crippen LogP contribution in [0.3, 0.4) is 0 Å². The molecule has 3 rings (SSSR count). The fourth-order valence-electron chi connectivity index (χ4n) is 3.38. The Bertz CT molecular complexity index is 800. The molecule has 0 amide bonds. The van der Waals surface area contributed by atoms with E-state index < -0.39 is 0 Å². The molecule has 0 unspecified atom stereocenters. The van der Waals surface area contributed by atoms with E-state index in [-0.39, 0.29) is 12.4 Å². The van der Waals surface area contributed by atoms with E-state index in [9.17, 15) is 4.39 Å². The standard InChI is InChI=1S/C23H30BrFN2O3/c1-2-29-22-15-18(16-26-8-5-9-27-10-12-28-13-11-27)14-20(24)23(22)30-17-19-6-3-4-7-21(19)25/h3-4,6-7,14-15,26H,2,5,8-13,16-17H2,1H3. The summed E-state index contributed by atoms with van der Waals surface area (Å²) in [6.07, 6.45) is 1.10. The molecule has 1 N–H and O–H groups in total. The third kappa shape index (κ3) is 6.94. The number of nitrogens with one attached hydrogen (secondary N) is 1. The lowest BCUT2D eigenvalue weighted by molar-refractivity contribution is 0.0374. The van der Waals surface area contributed by atoms with E-state index in [1.54, 1.807) is 18.2 Å². The van der Waals surface area contributed by atoms with Crippen molar-refractivity contribution in [3.63, 3.8) is 0 Å². The Morgan fingerprint density at radius 1 is 1.17 bits per heavy atom. The van der Waals surface area contributed by atoms with Crippen LogP contribution in [0.1, 0.15) is 24.5 Å². The molecule has 0 aromatic heterocycles. The van der Waals surface area contributed by atoms with Crippen LogP contribution in [0.2, 0.25) is 0 Å². The predicted octanol–water partition coefficient (Wildman–Crippen LogP) is 4.38. The first-order valence-electron chi connectivity index (χ1n) is 10.5. The third-order valence-electron chi connectivity index (χ3n) is 4.96. The Kier molecular flexibility index (Phi) is 9.39. The van der Waals surface area contributed by atoms with Gasteiger partial charge >= 0.3 is 0 Å². The monoisotopic (exact) mass is 480 g/mol. The molecular weight excluding hydrogens is 451 g/mol. The van der Waals surface area contributed by atoms with Crippen molar-refractivity contribution in [2.24, 2.45) is 0 Å². The van der Waals surface area contributed by atoms with Gasteiger partial charge in [-0.2, -0.15) is 0 Å². The van der Waals surface area contributed by atoms with Crippen LogP contribution in [0, 0.1) is 5.82 Å². The van der Waals surface area contributed by atoms with Gasteiger partial charge in [-0.05, 0) is 66.1 Å². The van der Waals surface area contributed by atoms with E-state index in [4.69, 9.17) is 14.2 Å². The second kappa shape index (κ2) is 12.2. The Morgan fingerprint density at radius 3 is 2.73 bits per heavy atom. The molecule has 1 fully saturated rings. The summed E-state index contributed by atoms with van der Waals surface area (Å²) >= 11 is 3.59. The van der Waals surface area contributed by atoms with Gasteiger partial charge in [0.1, 0.15) is 12.4 Å². The van der Waals surface area contributed by atoms with Crippen LogP contribution in [-0.4, -0.2) is 50.9 Å². The van der Waals surface area contributed by atoms with Crippen molar-refractivity contribution in [1.82, 2.24) is 10.2 Å². The van der Waals surface area contributed by atoms with Crippen LogP contribution in [-0.2, 0) is 17.9 Å². The maximum atomic E-state index is 13.9. The molecule has 0 spiro atoms. The summed E-state index contributed by atoms with van der Waals surface area (Å²) in [6.45, 7) is 9.12. The SMILES string of the molecule is CCOc1cc(CNCCCN2CCOCC2)cc(Br)c1OCc1ccccc1F. The highest BCUT2D eigenvalue weighted by atomic mass is 79.9. The molecule has 1 heterocycles. The zero-order chi connectivity index (χ0) is 21.2. The molecule has 0 saturated carbocycles. The molecule has 2 aromatic carbocycles. The van der Waals surface area contributed by atoms with Gasteiger partial charge in [-0.25, -0.2) is 4.39 Å². The normalized spacial score (nSPS) is 14.6. The van der Waals surface area contributed by atoms with Gasteiger partial charge in [0.2, 0.25) is 0 Å². The molecule has 1 aliphatic heterocycles. The highest BCUT2D eigenvalue weighted by Crippen LogP contribution is 2.37. The largest absolute Gasteiger partial charge is 0.490 e. The van der Waals surface area contributed by atoms with Gasteiger partial charge in [0, 0.05) is 25.2 Å². The summed E-state index contributed by atoms with van der Waals surface area (Å²) in [5.74, 6) is 0.981. The van der Waals surface area contributed by atoms with Gasteiger partial charge < -0.3 is 19.5 Å². The summed E-state index contributed by atoms with van der Waals surface area (Å²) in [7, 11) is 0. The number of rotatable bonds is 11. The molecule has 0 radical (unpaired) electrons. The summed E-state index contributed by atoms with van der Waals surface area (Å²) in [4.78, 5) is 2.44. The maximum absolute atomic E-state index is 13.9. The number of benzene rings is 2. The molecule has 0 atom stereocenters. The highest BCUT2D eigenvalue weighted by Gasteiger charge is 2.14. The Hall–Kier alpha value is -1.67. The Labute approximate surface area is 186 Å². The van der Waals surface area contributed by atoms with Gasteiger partial charge in [-0.1, -0.05) is 18.2 Å². The third-order valence-corrected chi connectivity index (χ3v) is 5.55. The quantitative estimate of drug-likeness (QED) is 0.483. The highest BCUT2D eigenvalue weighted by molar-refractivity contribution is 9.10. The molecule has 2 aromatic rings. The molecule has 30 heavy (non-hydrogen) atoms. The molecular formula is C23H30BrFN2O3. The summed E-state index contributed by atoms with van der Waals surface area (Å²) in [5, 5.41) is 3.50. The second-order valence-electron chi connectivity index (χ2n) is 7.20. The fraction of sp³-hybridized carbons (Fsp3) is 0.478. The topological polar surface area (TPSA) is 43.0 Å². The zero-order valence-corrected chi connectivity index (χ0v) is 19.0. The minimum Gasteiger partial charge on any atom is -0.490 e. The number of nitrogens with zero attached hydrogens (tertiary/aromatic N) is 1. The number of morpholine rings is 1. The first-order chi connectivity index (χ1) is 14.7. The lowest BCUT2D eigenvalue weighted by Gasteiger charge is -2.26. The smallest absolute Gasteiger partial charge is 0.175 e. The van der Waals surface area contributed by atoms with E-state index in [1.165, 1.54) is 6.07 Å². The first-order valence-corrected chi connectivity index (χ1v) is 11.3. The zero-order valence-electron chi connectivity index (χ0n) is 17.5. The predicted molar refractivity (Wildman–Crippen MR) is 120 cm³/mol. The van der Waals surface area contributed by atoms with Crippen molar-refractivity contribution in [3.05, 3.63) is 57.8 Å². The van der Waals surface area contributed by atoms with E-state index in [0.29, 0.717) is 23.7 Å². The molecule has 0 bridgehead atoms. The van der Waals surface area contributed by atoms with E-state index >= 15 is 0 Å². The van der Waals surface area contributed by atoms with Crippen molar-refractivity contribution in [2.45, 2.75) is 26.5 Å². The van der Waals surface area contributed by atoms with Gasteiger partial charge in [-0.15, -0.1) is 0 Å². The first kappa shape index (κ1) is 23.0. The van der Waals surface area contributed by atoms with Gasteiger partial charge in [-0.3, -0.25) is 4.90 Å². The molecule has 0 aliphatic carbocycles. The summed E-state index contributed by atoms with van der Waals surface area (Å²) < 4.78 is 31.8. The van der Waals surface area contributed by atoms with Crippen LogP contribution in [0.15, 0.2) is 40.9 Å². The van der Waals surface area contributed by atoms with Gasteiger partial charge in [0.15, 0.2) is 11.5 Å². The number of ether oxygens (including phenoxy) is 3. The molecule has 164 valence electrons. The van der Waals surface area contributed by atoms with Gasteiger partial charge in [0.25, 0.3) is 0 Å². The maximum Gasteiger partial charge on any atom is 0.175 e. The molecule has 1 saturated heterocycles. The van der Waals surface area contributed by atoms with Crippen LogP contribution in [0.5, 0.6) is 11.5 Å². The van der Waals surface area contributed by atoms with Crippen LogP contribution in [0.25, 0.3) is 0 Å². The Morgan fingerprint density at radius 2 is 1.97 bits per heavy atom. The Balaban J connectivity index is 1.53. The van der Waals surface area contributed by atoms with Crippen molar-refractivity contribution in [1.29, 1.82) is 0 Å². The average Bonchev–Trinajstić information content (AvgIpc) is 2.75. The van der Waals surface area contributed by atoms with Crippen molar-refractivity contribution < 1.29 is 18.6 Å². The van der Waals surface area contributed by atoms with E-state index in [2.05, 4.69) is 26.1 Å². The number of halogens is 2. The summed E-state index contributed by atoms with van der Waals surface area (Å²) in [5.41, 5.74) is 1.62. The van der Waals surface area contributed by atoms with E-state index in [0.717, 1.165) is 62.4 Å². The lowest BCUT2D eigenvalue weighted by atomic mass is 10.2. The lowest BCUT2D eigenvalue weighted by Crippen LogP contribution is -2.37. The fourth-order valence-corrected chi connectivity index (χ4v) is 3.98.